The van der Waals surface area contributed by atoms with E-state index in [0.717, 1.165) is 21.8 Å². The van der Waals surface area contributed by atoms with Crippen LogP contribution >= 0.6 is 15.9 Å². The first-order chi connectivity index (χ1) is 5.81. The van der Waals surface area contributed by atoms with Crippen molar-refractivity contribution in [2.45, 2.75) is 0 Å². The van der Waals surface area contributed by atoms with E-state index < -0.39 is 0 Å². The van der Waals surface area contributed by atoms with Crippen LogP contribution in [0, 0.1) is 0 Å². The number of aromatic amines is 1. The van der Waals surface area contributed by atoms with Gasteiger partial charge >= 0.3 is 0 Å². The zero-order valence-electron chi connectivity index (χ0n) is 6.17. The molecule has 0 spiro atoms. The molecule has 1 aromatic carbocycles. The second-order valence-electron chi connectivity index (χ2n) is 2.55. The van der Waals surface area contributed by atoms with Crippen LogP contribution in [-0.4, -0.2) is 11.3 Å². The van der Waals surface area contributed by atoms with Crippen LogP contribution in [0.3, 0.4) is 0 Å². The zero-order chi connectivity index (χ0) is 8.55. The molecule has 60 valence electrons. The summed E-state index contributed by atoms with van der Waals surface area (Å²) in [6.45, 7) is 0. The van der Waals surface area contributed by atoms with Crippen molar-refractivity contribution in [1.29, 1.82) is 0 Å². The van der Waals surface area contributed by atoms with Crippen LogP contribution in [0.2, 0.25) is 0 Å². The standard InChI is InChI=1S/C9H6BrNO/c10-8-4-6-2-1-3-7(5-12)9(6)11-8/h1-5,11H. The van der Waals surface area contributed by atoms with Crippen molar-refractivity contribution in [3.8, 4) is 0 Å². The number of nitrogens with one attached hydrogen (secondary N) is 1. The number of benzene rings is 1. The Balaban J connectivity index is 2.86. The summed E-state index contributed by atoms with van der Waals surface area (Å²) in [5.74, 6) is 0. The van der Waals surface area contributed by atoms with Gasteiger partial charge in [-0.3, -0.25) is 4.79 Å². The van der Waals surface area contributed by atoms with Crippen LogP contribution in [-0.2, 0) is 0 Å². The van der Waals surface area contributed by atoms with Gasteiger partial charge in [-0.1, -0.05) is 12.1 Å². The Kier molecular flexibility index (Phi) is 1.73. The average molecular weight is 224 g/mol. The molecule has 12 heavy (non-hydrogen) atoms. The maximum absolute atomic E-state index is 10.6. The number of fused-ring (bicyclic) bond motifs is 1. The summed E-state index contributed by atoms with van der Waals surface area (Å²) in [5.41, 5.74) is 1.58. The molecular formula is C9H6BrNO. The highest BCUT2D eigenvalue weighted by Gasteiger charge is 2.01. The molecule has 0 atom stereocenters. The summed E-state index contributed by atoms with van der Waals surface area (Å²) in [5, 5.41) is 1.05. The number of carbonyl (C=O) groups excluding carboxylic acids is 1. The molecule has 0 unspecified atom stereocenters. The lowest BCUT2D eigenvalue weighted by Gasteiger charge is -1.91. The van der Waals surface area contributed by atoms with Crippen molar-refractivity contribution >= 4 is 33.1 Å². The minimum absolute atomic E-state index is 0.693. The van der Waals surface area contributed by atoms with Crippen molar-refractivity contribution in [3.05, 3.63) is 34.4 Å². The molecule has 0 saturated carbocycles. The molecular weight excluding hydrogens is 218 g/mol. The number of halogens is 1. The van der Waals surface area contributed by atoms with Crippen molar-refractivity contribution in [2.24, 2.45) is 0 Å². The molecule has 0 aliphatic carbocycles. The van der Waals surface area contributed by atoms with Gasteiger partial charge in [0.25, 0.3) is 0 Å². The van der Waals surface area contributed by atoms with Crippen LogP contribution in [0.5, 0.6) is 0 Å². The van der Waals surface area contributed by atoms with Gasteiger partial charge in [0.2, 0.25) is 0 Å². The molecule has 1 aromatic heterocycles. The molecule has 0 radical (unpaired) electrons. The molecule has 0 saturated heterocycles. The van der Waals surface area contributed by atoms with Gasteiger partial charge in [-0.05, 0) is 28.1 Å². The van der Waals surface area contributed by atoms with Crippen LogP contribution < -0.4 is 0 Å². The minimum atomic E-state index is 0.693. The molecule has 2 nitrogen and oxygen atoms in total. The number of para-hydroxylation sites is 1. The van der Waals surface area contributed by atoms with Crippen molar-refractivity contribution in [3.63, 3.8) is 0 Å². The van der Waals surface area contributed by atoms with Crippen molar-refractivity contribution < 1.29 is 4.79 Å². The topological polar surface area (TPSA) is 32.9 Å². The first kappa shape index (κ1) is 7.55. The molecule has 0 amide bonds. The molecule has 0 bridgehead atoms. The van der Waals surface area contributed by atoms with Gasteiger partial charge in [0.15, 0.2) is 6.29 Å². The quantitative estimate of drug-likeness (QED) is 0.742. The molecule has 1 N–H and O–H groups in total. The lowest BCUT2D eigenvalue weighted by Crippen LogP contribution is -1.80. The minimum Gasteiger partial charge on any atom is -0.349 e. The van der Waals surface area contributed by atoms with Gasteiger partial charge in [0, 0.05) is 10.9 Å². The van der Waals surface area contributed by atoms with E-state index in [1.807, 2.05) is 18.2 Å². The van der Waals surface area contributed by atoms with Gasteiger partial charge in [-0.2, -0.15) is 0 Å². The van der Waals surface area contributed by atoms with E-state index in [9.17, 15) is 4.79 Å². The van der Waals surface area contributed by atoms with Gasteiger partial charge in [-0.25, -0.2) is 0 Å². The lowest BCUT2D eigenvalue weighted by atomic mass is 10.2. The highest BCUT2D eigenvalue weighted by molar-refractivity contribution is 9.10. The number of rotatable bonds is 1. The third-order valence-corrected chi connectivity index (χ3v) is 2.21. The second kappa shape index (κ2) is 2.75. The van der Waals surface area contributed by atoms with E-state index in [0.29, 0.717) is 5.56 Å². The lowest BCUT2D eigenvalue weighted by molar-refractivity contribution is 0.112. The summed E-state index contributed by atoms with van der Waals surface area (Å²) >= 11 is 3.32. The van der Waals surface area contributed by atoms with Crippen molar-refractivity contribution in [2.75, 3.05) is 0 Å². The van der Waals surface area contributed by atoms with Crippen LogP contribution in [0.15, 0.2) is 28.9 Å². The Bertz CT molecular complexity index is 433. The summed E-state index contributed by atoms with van der Waals surface area (Å²) in [6.07, 6.45) is 0.852. The normalized spacial score (nSPS) is 10.4. The Hall–Kier alpha value is -1.09. The molecule has 0 aliphatic heterocycles. The largest absolute Gasteiger partial charge is 0.349 e. The predicted octanol–water partition coefficient (Wildman–Crippen LogP) is 2.74. The van der Waals surface area contributed by atoms with Crippen LogP contribution in [0.25, 0.3) is 10.9 Å². The summed E-state index contributed by atoms with van der Waals surface area (Å²) < 4.78 is 0.895. The summed E-state index contributed by atoms with van der Waals surface area (Å²) in [6, 6.07) is 7.57. The molecule has 1 heterocycles. The number of aldehydes is 1. The molecule has 2 rings (SSSR count). The average Bonchev–Trinajstić information content (AvgIpc) is 2.44. The Labute approximate surface area is 77.7 Å². The van der Waals surface area contributed by atoms with Gasteiger partial charge in [0.1, 0.15) is 0 Å². The fourth-order valence-electron chi connectivity index (χ4n) is 1.24. The third-order valence-electron chi connectivity index (χ3n) is 1.78. The van der Waals surface area contributed by atoms with Crippen molar-refractivity contribution in [1.82, 2.24) is 4.98 Å². The maximum Gasteiger partial charge on any atom is 0.152 e. The van der Waals surface area contributed by atoms with Crippen LogP contribution in [0.1, 0.15) is 10.4 Å². The summed E-state index contributed by atoms with van der Waals surface area (Å²) in [7, 11) is 0. The number of H-pyrrole nitrogens is 1. The highest BCUT2D eigenvalue weighted by atomic mass is 79.9. The van der Waals surface area contributed by atoms with Gasteiger partial charge < -0.3 is 4.98 Å². The van der Waals surface area contributed by atoms with E-state index in [1.165, 1.54) is 0 Å². The number of aromatic nitrogens is 1. The molecule has 0 aliphatic rings. The number of hydrogen-bond donors (Lipinski definition) is 1. The first-order valence-electron chi connectivity index (χ1n) is 3.53. The zero-order valence-corrected chi connectivity index (χ0v) is 7.76. The number of carbonyl (C=O) groups is 1. The Morgan fingerprint density at radius 2 is 2.25 bits per heavy atom. The maximum atomic E-state index is 10.6. The SMILES string of the molecule is O=Cc1cccc2cc(Br)[nH]c12. The molecule has 2 aromatic rings. The molecule has 0 fully saturated rings. The smallest absolute Gasteiger partial charge is 0.152 e. The number of hydrogen-bond acceptors (Lipinski definition) is 1. The monoisotopic (exact) mass is 223 g/mol. The van der Waals surface area contributed by atoms with Gasteiger partial charge in [0.05, 0.1) is 10.1 Å². The first-order valence-corrected chi connectivity index (χ1v) is 4.33. The van der Waals surface area contributed by atoms with Gasteiger partial charge in [-0.15, -0.1) is 0 Å². The van der Waals surface area contributed by atoms with E-state index >= 15 is 0 Å². The Morgan fingerprint density at radius 1 is 1.42 bits per heavy atom. The highest BCUT2D eigenvalue weighted by Crippen LogP contribution is 2.21. The fourth-order valence-corrected chi connectivity index (χ4v) is 1.69. The van der Waals surface area contributed by atoms with E-state index in [1.54, 1.807) is 6.07 Å². The van der Waals surface area contributed by atoms with E-state index in [4.69, 9.17) is 0 Å². The Morgan fingerprint density at radius 3 is 3.00 bits per heavy atom. The van der Waals surface area contributed by atoms with Crippen LogP contribution in [0.4, 0.5) is 0 Å². The predicted molar refractivity (Wildman–Crippen MR) is 51.4 cm³/mol. The fraction of sp³-hybridized carbons (Fsp3) is 0. The third kappa shape index (κ3) is 1.06. The molecule has 3 heteroatoms. The van der Waals surface area contributed by atoms with E-state index in [-0.39, 0.29) is 0 Å². The second-order valence-corrected chi connectivity index (χ2v) is 3.40. The van der Waals surface area contributed by atoms with E-state index in [2.05, 4.69) is 20.9 Å². The summed E-state index contributed by atoms with van der Waals surface area (Å²) in [4.78, 5) is 13.7.